The number of rotatable bonds is 4. The summed E-state index contributed by atoms with van der Waals surface area (Å²) in [4.78, 5) is 0. The Morgan fingerprint density at radius 1 is 1.78 bits per heavy atom. The third-order valence-electron chi connectivity index (χ3n) is 0.841. The lowest BCUT2D eigenvalue weighted by Gasteiger charge is -2.05. The van der Waals surface area contributed by atoms with E-state index in [0.29, 0.717) is 6.61 Å². The van der Waals surface area contributed by atoms with Crippen LogP contribution in [0.2, 0.25) is 0 Å². The molecule has 0 bridgehead atoms. The van der Waals surface area contributed by atoms with Crippen LogP contribution in [-0.4, -0.2) is 20.8 Å². The van der Waals surface area contributed by atoms with Crippen LogP contribution in [0.25, 0.3) is 0 Å². The first-order valence-electron chi connectivity index (χ1n) is 2.89. The highest BCUT2D eigenvalue weighted by atomic mass is 32.2. The molecule has 0 aliphatic heterocycles. The monoisotopic (exact) mass is 152 g/mol. The lowest BCUT2D eigenvalue weighted by Crippen LogP contribution is -2.14. The molecule has 9 heavy (non-hydrogen) atoms. The Kier molecular flexibility index (Phi) is 4.94. The number of ether oxygens (including phenoxy) is 1. The summed E-state index contributed by atoms with van der Waals surface area (Å²) < 4.78 is 23.5. The van der Waals surface area contributed by atoms with Crippen LogP contribution in [0.3, 0.4) is 0 Å². The topological polar surface area (TPSA) is 46.5 Å². The minimum Gasteiger partial charge on any atom is -0.363 e. The Balaban J connectivity index is 3.27. The van der Waals surface area contributed by atoms with Crippen LogP contribution in [0.5, 0.6) is 0 Å². The van der Waals surface area contributed by atoms with Crippen molar-refractivity contribution in [3.8, 4) is 0 Å². The second-order valence-corrected chi connectivity index (χ2v) is 2.93. The maximum Gasteiger partial charge on any atom is 0.182 e. The van der Waals surface area contributed by atoms with Gasteiger partial charge in [-0.3, -0.25) is 0 Å². The molecule has 3 nitrogen and oxygen atoms in total. The number of hydrogen-bond donors (Lipinski definition) is 1. The van der Waals surface area contributed by atoms with Crippen LogP contribution in [0, 0.1) is 0 Å². The van der Waals surface area contributed by atoms with E-state index in [2.05, 4.69) is 0 Å². The normalized spacial score (nSPS) is 17.2. The van der Waals surface area contributed by atoms with Crippen molar-refractivity contribution in [2.24, 2.45) is 0 Å². The first kappa shape index (κ1) is 9.07. The SMILES string of the molecule is CCCOC(C)S(=O)O. The average Bonchev–Trinajstić information content (AvgIpc) is 1.82. The fourth-order valence-corrected chi connectivity index (χ4v) is 0.555. The summed E-state index contributed by atoms with van der Waals surface area (Å²) in [5, 5.41) is 0. The van der Waals surface area contributed by atoms with Crippen molar-refractivity contribution in [2.45, 2.75) is 25.7 Å². The Morgan fingerprint density at radius 2 is 2.33 bits per heavy atom. The molecule has 0 saturated heterocycles. The summed E-state index contributed by atoms with van der Waals surface area (Å²) in [6, 6.07) is 0. The standard InChI is InChI=1S/C5H12O3S/c1-3-4-8-5(2)9(6)7/h5H,3-4H2,1-2H3,(H,6,7). The quantitative estimate of drug-likeness (QED) is 0.611. The van der Waals surface area contributed by atoms with Crippen molar-refractivity contribution in [1.82, 2.24) is 0 Å². The van der Waals surface area contributed by atoms with Gasteiger partial charge in [0.05, 0.1) is 0 Å². The highest BCUT2D eigenvalue weighted by Gasteiger charge is 2.05. The second-order valence-electron chi connectivity index (χ2n) is 1.71. The van der Waals surface area contributed by atoms with Crippen LogP contribution in [-0.2, 0) is 15.8 Å². The number of hydrogen-bond acceptors (Lipinski definition) is 2. The molecule has 0 fully saturated rings. The van der Waals surface area contributed by atoms with Crippen LogP contribution >= 0.6 is 0 Å². The first-order chi connectivity index (χ1) is 4.18. The van der Waals surface area contributed by atoms with Crippen molar-refractivity contribution in [3.63, 3.8) is 0 Å². The van der Waals surface area contributed by atoms with E-state index in [0.717, 1.165) is 6.42 Å². The van der Waals surface area contributed by atoms with Gasteiger partial charge in [-0.2, -0.15) is 0 Å². The van der Waals surface area contributed by atoms with Crippen LogP contribution < -0.4 is 0 Å². The highest BCUT2D eigenvalue weighted by molar-refractivity contribution is 7.79. The molecule has 2 unspecified atom stereocenters. The zero-order valence-electron chi connectivity index (χ0n) is 5.66. The molecule has 0 aromatic rings. The fraction of sp³-hybridized carbons (Fsp3) is 1.00. The molecular formula is C5H12O3S. The zero-order valence-corrected chi connectivity index (χ0v) is 6.48. The van der Waals surface area contributed by atoms with Gasteiger partial charge in [-0.25, -0.2) is 4.21 Å². The van der Waals surface area contributed by atoms with Crippen molar-refractivity contribution in [3.05, 3.63) is 0 Å². The molecule has 0 aliphatic carbocycles. The predicted octanol–water partition coefficient (Wildman–Crippen LogP) is 0.981. The summed E-state index contributed by atoms with van der Waals surface area (Å²) in [6.45, 7) is 4.08. The van der Waals surface area contributed by atoms with Gasteiger partial charge < -0.3 is 9.29 Å². The molecule has 4 heteroatoms. The van der Waals surface area contributed by atoms with E-state index >= 15 is 0 Å². The Morgan fingerprint density at radius 3 is 2.67 bits per heavy atom. The lowest BCUT2D eigenvalue weighted by atomic mass is 10.5. The fourth-order valence-electron chi connectivity index (χ4n) is 0.342. The van der Waals surface area contributed by atoms with Crippen LogP contribution in [0.1, 0.15) is 20.3 Å². The molecule has 0 saturated carbocycles. The zero-order chi connectivity index (χ0) is 7.28. The van der Waals surface area contributed by atoms with Gasteiger partial charge in [-0.05, 0) is 13.3 Å². The average molecular weight is 152 g/mol. The van der Waals surface area contributed by atoms with Gasteiger partial charge in [0.1, 0.15) is 0 Å². The molecule has 0 aromatic carbocycles. The van der Waals surface area contributed by atoms with Gasteiger partial charge in [0, 0.05) is 6.61 Å². The third kappa shape index (κ3) is 4.57. The van der Waals surface area contributed by atoms with Gasteiger partial charge in [0.2, 0.25) is 0 Å². The minimum absolute atomic E-state index is 0.549. The van der Waals surface area contributed by atoms with E-state index in [9.17, 15) is 4.21 Å². The minimum atomic E-state index is -1.83. The third-order valence-corrected chi connectivity index (χ3v) is 1.54. The van der Waals surface area contributed by atoms with Gasteiger partial charge in [-0.15, -0.1) is 0 Å². The molecule has 1 N–H and O–H groups in total. The predicted molar refractivity (Wildman–Crippen MR) is 36.5 cm³/mol. The van der Waals surface area contributed by atoms with E-state index in [4.69, 9.17) is 9.29 Å². The summed E-state index contributed by atoms with van der Waals surface area (Å²) in [7, 11) is 0. The van der Waals surface area contributed by atoms with Crippen molar-refractivity contribution in [1.29, 1.82) is 0 Å². The molecular weight excluding hydrogens is 140 g/mol. The maximum atomic E-state index is 10.2. The summed E-state index contributed by atoms with van der Waals surface area (Å²) in [6.07, 6.45) is 0.877. The van der Waals surface area contributed by atoms with E-state index in [1.807, 2.05) is 6.92 Å². The molecule has 0 aliphatic rings. The molecule has 56 valence electrons. The van der Waals surface area contributed by atoms with E-state index in [1.165, 1.54) is 0 Å². The highest BCUT2D eigenvalue weighted by Crippen LogP contribution is 1.94. The Bertz CT molecular complexity index is 94.2. The second kappa shape index (κ2) is 4.90. The smallest absolute Gasteiger partial charge is 0.182 e. The van der Waals surface area contributed by atoms with Crippen molar-refractivity contribution < 1.29 is 13.5 Å². The van der Waals surface area contributed by atoms with Gasteiger partial charge in [-0.1, -0.05) is 6.92 Å². The first-order valence-corrected chi connectivity index (χ1v) is 4.06. The van der Waals surface area contributed by atoms with E-state index in [-0.39, 0.29) is 0 Å². The summed E-state index contributed by atoms with van der Waals surface area (Å²) in [5.41, 5.74) is -0.551. The Hall–Kier alpha value is 0.0700. The molecule has 0 spiro atoms. The summed E-state index contributed by atoms with van der Waals surface area (Å²) in [5.74, 6) is 0. The van der Waals surface area contributed by atoms with Crippen molar-refractivity contribution in [2.75, 3.05) is 6.61 Å². The van der Waals surface area contributed by atoms with E-state index in [1.54, 1.807) is 6.92 Å². The summed E-state index contributed by atoms with van der Waals surface area (Å²) >= 11 is -1.83. The maximum absolute atomic E-state index is 10.2. The molecule has 0 radical (unpaired) electrons. The van der Waals surface area contributed by atoms with Crippen LogP contribution in [0.15, 0.2) is 0 Å². The molecule has 0 heterocycles. The molecule has 0 rings (SSSR count). The molecule has 2 atom stereocenters. The van der Waals surface area contributed by atoms with Gasteiger partial charge in [0.15, 0.2) is 16.5 Å². The lowest BCUT2D eigenvalue weighted by molar-refractivity contribution is 0.116. The van der Waals surface area contributed by atoms with E-state index < -0.39 is 16.5 Å². The van der Waals surface area contributed by atoms with Gasteiger partial charge in [0.25, 0.3) is 0 Å². The van der Waals surface area contributed by atoms with Gasteiger partial charge >= 0.3 is 0 Å². The Labute approximate surface area is 57.7 Å². The molecule has 0 aromatic heterocycles. The van der Waals surface area contributed by atoms with Crippen LogP contribution in [0.4, 0.5) is 0 Å². The largest absolute Gasteiger partial charge is 0.363 e. The van der Waals surface area contributed by atoms with Crippen molar-refractivity contribution >= 4 is 11.1 Å². The molecule has 0 amide bonds.